The molecule has 0 saturated carbocycles. The van der Waals surface area contributed by atoms with Gasteiger partial charge in [0.1, 0.15) is 11.5 Å². The molecule has 29 heavy (non-hydrogen) atoms. The molecule has 0 spiro atoms. The number of hydrogen-bond acceptors (Lipinski definition) is 6. The quantitative estimate of drug-likeness (QED) is 0.753. The number of nitrogens with zero attached hydrogens (tertiary/aromatic N) is 2. The number of ether oxygens (including phenoxy) is 3. The van der Waals surface area contributed by atoms with Crippen LogP contribution in [0.15, 0.2) is 41.9 Å². The summed E-state index contributed by atoms with van der Waals surface area (Å²) in [6, 6.07) is 3.97. The Morgan fingerprint density at radius 1 is 1.21 bits per heavy atom. The van der Waals surface area contributed by atoms with E-state index in [0.29, 0.717) is 24.5 Å². The third-order valence-electron chi connectivity index (χ3n) is 4.71. The Bertz CT molecular complexity index is 831. The van der Waals surface area contributed by atoms with Crippen molar-refractivity contribution in [2.75, 3.05) is 42.0 Å². The highest BCUT2D eigenvalue weighted by Gasteiger charge is 2.24. The summed E-state index contributed by atoms with van der Waals surface area (Å²) in [5.74, 6) is 1.49. The number of nitrogens with one attached hydrogen (secondary N) is 1. The molecule has 2 rings (SSSR count). The van der Waals surface area contributed by atoms with Gasteiger partial charge in [0.15, 0.2) is 0 Å². The number of hydrogen-bond donors (Lipinski definition) is 1. The maximum atomic E-state index is 12.0. The van der Waals surface area contributed by atoms with Crippen LogP contribution in [-0.4, -0.2) is 57.9 Å². The second-order valence-electron chi connectivity index (χ2n) is 7.04. The molecule has 0 radical (unpaired) electrons. The van der Waals surface area contributed by atoms with Gasteiger partial charge in [-0.1, -0.05) is 6.58 Å². The van der Waals surface area contributed by atoms with Crippen molar-refractivity contribution in [2.45, 2.75) is 20.4 Å². The molecule has 0 atom stereocenters. The molecule has 1 aromatic rings. The van der Waals surface area contributed by atoms with Crippen molar-refractivity contribution in [3.05, 3.63) is 53.0 Å². The predicted octanol–water partition coefficient (Wildman–Crippen LogP) is 3.59. The normalized spacial score (nSPS) is 14.1. The molecule has 7 heteroatoms. The van der Waals surface area contributed by atoms with E-state index >= 15 is 0 Å². The van der Waals surface area contributed by atoms with Gasteiger partial charge in [0.2, 0.25) is 0 Å². The molecule has 158 valence electrons. The van der Waals surface area contributed by atoms with Gasteiger partial charge in [-0.3, -0.25) is 5.32 Å². The number of alkyl carbamates (subject to hydrolysis) is 1. The monoisotopic (exact) mass is 401 g/mol. The van der Waals surface area contributed by atoms with Gasteiger partial charge in [0.05, 0.1) is 37.8 Å². The first-order valence-corrected chi connectivity index (χ1v) is 9.42. The number of carbonyl (C=O) groups is 1. The molecule has 7 nitrogen and oxygen atoms in total. The zero-order valence-corrected chi connectivity index (χ0v) is 18.4. The minimum absolute atomic E-state index is 0.297. The smallest absolute Gasteiger partial charge is 0.411 e. The molecular weight excluding hydrogens is 370 g/mol. The lowest BCUT2D eigenvalue weighted by Crippen LogP contribution is -2.31. The average Bonchev–Trinajstić information content (AvgIpc) is 2.68. The highest BCUT2D eigenvalue weighted by Crippen LogP contribution is 2.39. The number of likely N-dealkylation sites (N-methyl/N-ethyl adjacent to an activating group) is 1. The van der Waals surface area contributed by atoms with Crippen LogP contribution < -0.4 is 14.8 Å². The Kier molecular flexibility index (Phi) is 7.34. The molecule has 1 aliphatic rings. The van der Waals surface area contributed by atoms with E-state index in [-0.39, 0.29) is 0 Å². The molecule has 0 saturated heterocycles. The van der Waals surface area contributed by atoms with Crippen LogP contribution >= 0.6 is 0 Å². The fourth-order valence-corrected chi connectivity index (χ4v) is 3.23. The summed E-state index contributed by atoms with van der Waals surface area (Å²) < 4.78 is 16.3. The average molecular weight is 402 g/mol. The van der Waals surface area contributed by atoms with Gasteiger partial charge >= 0.3 is 6.09 Å². The van der Waals surface area contributed by atoms with Gasteiger partial charge in [-0.25, -0.2) is 4.79 Å². The summed E-state index contributed by atoms with van der Waals surface area (Å²) in [7, 11) is 9.18. The highest BCUT2D eigenvalue weighted by molar-refractivity contribution is 5.85. The van der Waals surface area contributed by atoms with Crippen LogP contribution in [0.3, 0.4) is 0 Å². The largest absolute Gasteiger partial charge is 0.496 e. The van der Waals surface area contributed by atoms with Crippen molar-refractivity contribution in [3.8, 4) is 11.5 Å². The molecule has 0 aromatic heterocycles. The molecule has 0 aliphatic carbocycles. The number of amides is 1. The molecule has 1 amide bonds. The number of benzene rings is 1. The van der Waals surface area contributed by atoms with Crippen molar-refractivity contribution >= 4 is 11.7 Å². The minimum Gasteiger partial charge on any atom is -0.496 e. The van der Waals surface area contributed by atoms with Crippen LogP contribution in [0, 0.1) is 0 Å². The molecule has 1 N–H and O–H groups in total. The van der Waals surface area contributed by atoms with Gasteiger partial charge in [-0.05, 0) is 51.2 Å². The minimum atomic E-state index is -0.505. The lowest BCUT2D eigenvalue weighted by atomic mass is 9.93. The maximum absolute atomic E-state index is 12.0. The van der Waals surface area contributed by atoms with Crippen molar-refractivity contribution in [1.29, 1.82) is 0 Å². The molecule has 1 aliphatic heterocycles. The first-order chi connectivity index (χ1) is 13.7. The van der Waals surface area contributed by atoms with Crippen LogP contribution in [0.25, 0.3) is 5.57 Å². The second-order valence-corrected chi connectivity index (χ2v) is 7.04. The number of methoxy groups -OCH3 is 2. The van der Waals surface area contributed by atoms with Gasteiger partial charge in [-0.15, -0.1) is 0 Å². The highest BCUT2D eigenvalue weighted by atomic mass is 16.5. The molecule has 1 heterocycles. The van der Waals surface area contributed by atoms with Gasteiger partial charge in [0.25, 0.3) is 0 Å². The Labute approximate surface area is 173 Å². The lowest BCUT2D eigenvalue weighted by Gasteiger charge is -2.30. The number of rotatable bonds is 7. The van der Waals surface area contributed by atoms with Crippen LogP contribution in [0.1, 0.15) is 25.0 Å². The van der Waals surface area contributed by atoms with E-state index in [2.05, 4.69) is 16.8 Å². The Morgan fingerprint density at radius 2 is 1.79 bits per heavy atom. The van der Waals surface area contributed by atoms with E-state index in [4.69, 9.17) is 14.2 Å². The molecular formula is C22H31N3O4. The van der Waals surface area contributed by atoms with Crippen molar-refractivity contribution < 1.29 is 19.0 Å². The molecule has 1 aromatic carbocycles. The van der Waals surface area contributed by atoms with Gasteiger partial charge in [0, 0.05) is 25.4 Å². The summed E-state index contributed by atoms with van der Waals surface area (Å²) >= 11 is 0. The molecule has 0 bridgehead atoms. The number of carbonyl (C=O) groups excluding carboxylic acids is 1. The lowest BCUT2D eigenvalue weighted by molar-refractivity contribution is 0.155. The standard InChI is InChI=1S/C22H31N3O4/c1-9-29-22(26)23-21-14(2)17(13-25(6)15(21)3)16-10-19(27-7)18(12-24(4)5)20(11-16)28-8/h10-11,13H,3,9,12H2,1-2,4-8H3,(H,23,26). The van der Waals surface area contributed by atoms with E-state index in [0.717, 1.165) is 33.8 Å². The van der Waals surface area contributed by atoms with Crippen LogP contribution in [-0.2, 0) is 11.3 Å². The summed E-state index contributed by atoms with van der Waals surface area (Å²) in [6.45, 7) is 8.77. The van der Waals surface area contributed by atoms with Crippen LogP contribution in [0.5, 0.6) is 11.5 Å². The summed E-state index contributed by atoms with van der Waals surface area (Å²) in [5.41, 5.74) is 5.01. The van der Waals surface area contributed by atoms with Crippen LogP contribution in [0.4, 0.5) is 4.79 Å². The van der Waals surface area contributed by atoms with Crippen molar-refractivity contribution in [1.82, 2.24) is 15.1 Å². The summed E-state index contributed by atoms with van der Waals surface area (Å²) in [6.07, 6.45) is 1.47. The second kappa shape index (κ2) is 9.52. The van der Waals surface area contributed by atoms with Gasteiger partial charge in [-0.2, -0.15) is 0 Å². The van der Waals surface area contributed by atoms with E-state index < -0.39 is 6.09 Å². The van der Waals surface area contributed by atoms with E-state index in [1.165, 1.54) is 0 Å². The van der Waals surface area contributed by atoms with E-state index in [1.54, 1.807) is 21.1 Å². The first kappa shape index (κ1) is 22.4. The van der Waals surface area contributed by atoms with E-state index in [1.807, 2.05) is 51.3 Å². The van der Waals surface area contributed by atoms with Crippen molar-refractivity contribution in [3.63, 3.8) is 0 Å². The fraction of sp³-hybridized carbons (Fsp3) is 0.409. The fourth-order valence-electron chi connectivity index (χ4n) is 3.23. The van der Waals surface area contributed by atoms with Crippen LogP contribution in [0.2, 0.25) is 0 Å². The molecule has 0 fully saturated rings. The number of allylic oxidation sites excluding steroid dienone is 2. The summed E-state index contributed by atoms with van der Waals surface area (Å²) in [5, 5.41) is 2.81. The third-order valence-corrected chi connectivity index (χ3v) is 4.71. The topological polar surface area (TPSA) is 63.3 Å². The Morgan fingerprint density at radius 3 is 2.28 bits per heavy atom. The van der Waals surface area contributed by atoms with Gasteiger partial charge < -0.3 is 24.0 Å². The third kappa shape index (κ3) is 4.92. The predicted molar refractivity (Wildman–Crippen MR) is 115 cm³/mol. The van der Waals surface area contributed by atoms with E-state index in [9.17, 15) is 4.79 Å². The maximum Gasteiger partial charge on any atom is 0.411 e. The molecule has 0 unspecified atom stereocenters. The Hall–Kier alpha value is -2.93. The zero-order chi connectivity index (χ0) is 21.7. The van der Waals surface area contributed by atoms with Crippen molar-refractivity contribution in [2.24, 2.45) is 0 Å². The first-order valence-electron chi connectivity index (χ1n) is 9.42. The SMILES string of the molecule is C=C1C(NC(=O)OCC)=C(C)C(c2cc(OC)c(CN(C)C)c(OC)c2)=CN1C. The summed E-state index contributed by atoms with van der Waals surface area (Å²) in [4.78, 5) is 15.9. The Balaban J connectivity index is 2.56. The zero-order valence-electron chi connectivity index (χ0n) is 18.4.